The minimum Gasteiger partial charge on any atom is -0.396 e. The van der Waals surface area contributed by atoms with Gasteiger partial charge in [0, 0.05) is 32.8 Å². The lowest BCUT2D eigenvalue weighted by Crippen LogP contribution is -2.11. The topological polar surface area (TPSA) is 36.4 Å². The van der Waals surface area contributed by atoms with Crippen LogP contribution < -0.4 is 4.90 Å². The molecule has 0 aliphatic carbocycles. The van der Waals surface area contributed by atoms with Crippen molar-refractivity contribution in [2.24, 2.45) is 0 Å². The summed E-state index contributed by atoms with van der Waals surface area (Å²) in [5.74, 6) is 0.931. The van der Waals surface area contributed by atoms with Crippen LogP contribution in [0.15, 0.2) is 18.2 Å². The van der Waals surface area contributed by atoms with Crippen molar-refractivity contribution in [1.82, 2.24) is 4.98 Å². The van der Waals surface area contributed by atoms with E-state index in [1.54, 1.807) is 0 Å². The van der Waals surface area contributed by atoms with Crippen LogP contribution in [-0.2, 0) is 6.42 Å². The number of aliphatic hydroxyl groups excluding tert-OH is 1. The van der Waals surface area contributed by atoms with E-state index in [2.05, 4.69) is 4.98 Å². The van der Waals surface area contributed by atoms with E-state index in [9.17, 15) is 0 Å². The summed E-state index contributed by atoms with van der Waals surface area (Å²) in [4.78, 5) is 6.27. The first-order chi connectivity index (χ1) is 5.74. The van der Waals surface area contributed by atoms with Crippen LogP contribution in [0.3, 0.4) is 0 Å². The molecule has 0 spiro atoms. The van der Waals surface area contributed by atoms with Crippen molar-refractivity contribution < 1.29 is 5.11 Å². The zero-order valence-electron chi connectivity index (χ0n) is 7.49. The van der Waals surface area contributed by atoms with Gasteiger partial charge in [0.1, 0.15) is 5.82 Å². The van der Waals surface area contributed by atoms with Gasteiger partial charge in [0.25, 0.3) is 0 Å². The summed E-state index contributed by atoms with van der Waals surface area (Å²) in [7, 11) is 3.90. The molecule has 66 valence electrons. The third-order valence-electron chi connectivity index (χ3n) is 1.62. The van der Waals surface area contributed by atoms with Gasteiger partial charge < -0.3 is 10.0 Å². The first kappa shape index (κ1) is 9.00. The summed E-state index contributed by atoms with van der Waals surface area (Å²) in [6, 6.07) is 5.82. The minimum atomic E-state index is 0.157. The quantitative estimate of drug-likeness (QED) is 0.717. The average Bonchev–Trinajstić information content (AvgIpc) is 2.05. The van der Waals surface area contributed by atoms with Crippen molar-refractivity contribution in [2.75, 3.05) is 25.6 Å². The zero-order valence-corrected chi connectivity index (χ0v) is 7.49. The Bertz CT molecular complexity index is 248. The molecular weight excluding hydrogens is 152 g/mol. The van der Waals surface area contributed by atoms with E-state index in [-0.39, 0.29) is 6.61 Å². The smallest absolute Gasteiger partial charge is 0.128 e. The molecule has 1 rings (SSSR count). The second kappa shape index (κ2) is 4.07. The molecular formula is C9H14N2O. The highest BCUT2D eigenvalue weighted by Crippen LogP contribution is 2.07. The molecule has 0 aliphatic heterocycles. The van der Waals surface area contributed by atoms with Crippen molar-refractivity contribution in [3.8, 4) is 0 Å². The third kappa shape index (κ3) is 2.20. The van der Waals surface area contributed by atoms with Crippen LogP contribution in [0.1, 0.15) is 5.69 Å². The van der Waals surface area contributed by atoms with E-state index in [4.69, 9.17) is 5.11 Å². The summed E-state index contributed by atoms with van der Waals surface area (Å²) >= 11 is 0. The number of anilines is 1. The first-order valence-corrected chi connectivity index (χ1v) is 3.98. The Morgan fingerprint density at radius 2 is 2.17 bits per heavy atom. The summed E-state index contributed by atoms with van der Waals surface area (Å²) in [5.41, 5.74) is 0.934. The maximum Gasteiger partial charge on any atom is 0.128 e. The maximum atomic E-state index is 8.70. The molecule has 12 heavy (non-hydrogen) atoms. The van der Waals surface area contributed by atoms with Crippen molar-refractivity contribution in [2.45, 2.75) is 6.42 Å². The lowest BCUT2D eigenvalue weighted by atomic mass is 10.3. The fraction of sp³-hybridized carbons (Fsp3) is 0.444. The van der Waals surface area contributed by atoms with E-state index in [1.807, 2.05) is 37.2 Å². The molecule has 0 aliphatic rings. The van der Waals surface area contributed by atoms with Crippen LogP contribution in [0.25, 0.3) is 0 Å². The highest BCUT2D eigenvalue weighted by Gasteiger charge is 1.97. The molecule has 0 atom stereocenters. The third-order valence-corrected chi connectivity index (χ3v) is 1.62. The second-order valence-corrected chi connectivity index (χ2v) is 2.86. The SMILES string of the molecule is CN(C)c1cccc(CCO)n1. The van der Waals surface area contributed by atoms with Gasteiger partial charge in [-0.05, 0) is 12.1 Å². The van der Waals surface area contributed by atoms with Gasteiger partial charge in [-0.1, -0.05) is 6.07 Å². The Morgan fingerprint density at radius 1 is 1.42 bits per heavy atom. The van der Waals surface area contributed by atoms with Crippen LogP contribution >= 0.6 is 0 Å². The lowest BCUT2D eigenvalue weighted by Gasteiger charge is -2.11. The molecule has 0 unspecified atom stereocenters. The summed E-state index contributed by atoms with van der Waals surface area (Å²) < 4.78 is 0. The normalized spacial score (nSPS) is 9.92. The number of aliphatic hydroxyl groups is 1. The van der Waals surface area contributed by atoms with Gasteiger partial charge >= 0.3 is 0 Å². The molecule has 1 aromatic heterocycles. The van der Waals surface area contributed by atoms with Crippen molar-refractivity contribution >= 4 is 5.82 Å². The summed E-state index contributed by atoms with van der Waals surface area (Å²) in [5, 5.41) is 8.70. The monoisotopic (exact) mass is 166 g/mol. The van der Waals surface area contributed by atoms with Gasteiger partial charge in [0.2, 0.25) is 0 Å². The number of nitrogens with zero attached hydrogens (tertiary/aromatic N) is 2. The van der Waals surface area contributed by atoms with E-state index in [0.29, 0.717) is 6.42 Å². The van der Waals surface area contributed by atoms with Crippen LogP contribution in [-0.4, -0.2) is 30.8 Å². The van der Waals surface area contributed by atoms with Crippen LogP contribution in [0.5, 0.6) is 0 Å². The van der Waals surface area contributed by atoms with E-state index >= 15 is 0 Å². The number of hydrogen-bond donors (Lipinski definition) is 1. The van der Waals surface area contributed by atoms with Gasteiger partial charge in [-0.2, -0.15) is 0 Å². The number of hydrogen-bond acceptors (Lipinski definition) is 3. The Hall–Kier alpha value is -1.09. The lowest BCUT2D eigenvalue weighted by molar-refractivity contribution is 0.298. The van der Waals surface area contributed by atoms with Crippen LogP contribution in [0.4, 0.5) is 5.82 Å². The number of aromatic nitrogens is 1. The van der Waals surface area contributed by atoms with Gasteiger partial charge in [-0.15, -0.1) is 0 Å². The standard InChI is InChI=1S/C9H14N2O/c1-11(2)9-5-3-4-8(10-9)6-7-12/h3-5,12H,6-7H2,1-2H3. The molecule has 3 heteroatoms. The van der Waals surface area contributed by atoms with Gasteiger partial charge in [0.15, 0.2) is 0 Å². The van der Waals surface area contributed by atoms with Crippen molar-refractivity contribution in [3.63, 3.8) is 0 Å². The molecule has 0 amide bonds. The molecule has 0 aromatic carbocycles. The summed E-state index contributed by atoms with van der Waals surface area (Å²) in [6.07, 6.45) is 0.627. The van der Waals surface area contributed by atoms with Crippen LogP contribution in [0.2, 0.25) is 0 Å². The Morgan fingerprint density at radius 3 is 2.75 bits per heavy atom. The van der Waals surface area contributed by atoms with Crippen molar-refractivity contribution in [3.05, 3.63) is 23.9 Å². The zero-order chi connectivity index (χ0) is 8.97. The molecule has 0 bridgehead atoms. The predicted molar refractivity (Wildman–Crippen MR) is 49.4 cm³/mol. The molecule has 1 N–H and O–H groups in total. The highest BCUT2D eigenvalue weighted by atomic mass is 16.3. The van der Waals surface area contributed by atoms with Crippen LogP contribution in [0, 0.1) is 0 Å². The number of rotatable bonds is 3. The largest absolute Gasteiger partial charge is 0.396 e. The Kier molecular flexibility index (Phi) is 3.05. The predicted octanol–water partition coefficient (Wildman–Crippen LogP) is 0.682. The molecule has 0 saturated heterocycles. The minimum absolute atomic E-state index is 0.157. The molecule has 0 saturated carbocycles. The first-order valence-electron chi connectivity index (χ1n) is 3.98. The maximum absolute atomic E-state index is 8.70. The molecule has 0 radical (unpaired) electrons. The van der Waals surface area contributed by atoms with Gasteiger partial charge in [-0.3, -0.25) is 0 Å². The fourth-order valence-electron chi connectivity index (χ4n) is 0.970. The molecule has 1 heterocycles. The van der Waals surface area contributed by atoms with E-state index < -0.39 is 0 Å². The average molecular weight is 166 g/mol. The Balaban J connectivity index is 2.81. The molecule has 1 aromatic rings. The van der Waals surface area contributed by atoms with E-state index in [0.717, 1.165) is 11.5 Å². The fourth-order valence-corrected chi connectivity index (χ4v) is 0.970. The highest BCUT2D eigenvalue weighted by molar-refractivity contribution is 5.36. The van der Waals surface area contributed by atoms with Crippen molar-refractivity contribution in [1.29, 1.82) is 0 Å². The second-order valence-electron chi connectivity index (χ2n) is 2.86. The Labute approximate surface area is 72.7 Å². The number of pyridine rings is 1. The molecule has 3 nitrogen and oxygen atoms in total. The van der Waals surface area contributed by atoms with Gasteiger partial charge in [0.05, 0.1) is 0 Å². The summed E-state index contributed by atoms with van der Waals surface area (Å²) in [6.45, 7) is 0.157. The molecule has 0 fully saturated rings. The van der Waals surface area contributed by atoms with Gasteiger partial charge in [-0.25, -0.2) is 4.98 Å². The van der Waals surface area contributed by atoms with E-state index in [1.165, 1.54) is 0 Å².